The molecule has 0 bridgehead atoms. The molecule has 16 heavy (non-hydrogen) atoms. The number of hydrogen-bond acceptors (Lipinski definition) is 2. The number of ketones is 1. The summed E-state index contributed by atoms with van der Waals surface area (Å²) in [6.45, 7) is 4.09. The summed E-state index contributed by atoms with van der Waals surface area (Å²) in [4.78, 5) is 12.0. The molecule has 1 unspecified atom stereocenters. The fourth-order valence-corrected chi connectivity index (χ4v) is 2.02. The third-order valence-corrected chi connectivity index (χ3v) is 2.97. The maximum absolute atomic E-state index is 12.0. The first-order valence-corrected chi connectivity index (χ1v) is 6.66. The molecule has 1 aromatic carbocycles. The smallest absolute Gasteiger partial charge is 0.184 e. The molecule has 0 aliphatic carbocycles. The van der Waals surface area contributed by atoms with Crippen LogP contribution in [0.4, 0.5) is 0 Å². The predicted octanol–water partition coefficient (Wildman–Crippen LogP) is 3.79. The lowest BCUT2D eigenvalue weighted by Crippen LogP contribution is -2.14. The molecule has 1 rings (SSSR count). The van der Waals surface area contributed by atoms with Crippen LogP contribution in [-0.2, 0) is 5.33 Å². The van der Waals surface area contributed by atoms with Gasteiger partial charge in [0.05, 0.1) is 17.5 Å². The highest BCUT2D eigenvalue weighted by molar-refractivity contribution is 9.08. The molecule has 4 heteroatoms. The van der Waals surface area contributed by atoms with E-state index in [9.17, 15) is 4.79 Å². The van der Waals surface area contributed by atoms with Crippen LogP contribution in [0.3, 0.4) is 0 Å². The van der Waals surface area contributed by atoms with Crippen LogP contribution in [0, 0.1) is 0 Å². The zero-order chi connectivity index (χ0) is 12.1. The third-order valence-electron chi connectivity index (χ3n) is 2.16. The van der Waals surface area contributed by atoms with Crippen LogP contribution in [0.5, 0.6) is 5.75 Å². The van der Waals surface area contributed by atoms with Gasteiger partial charge in [-0.3, -0.25) is 4.79 Å². The Labute approximate surface area is 109 Å². The molecule has 88 valence electrons. The van der Waals surface area contributed by atoms with E-state index in [1.807, 2.05) is 19.1 Å². The lowest BCUT2D eigenvalue weighted by atomic mass is 10.0. The Morgan fingerprint density at radius 1 is 1.56 bits per heavy atom. The van der Waals surface area contributed by atoms with E-state index in [1.54, 1.807) is 13.0 Å². The van der Waals surface area contributed by atoms with E-state index >= 15 is 0 Å². The number of carbonyl (C=O) groups excluding carboxylic acids is 1. The molecule has 0 heterocycles. The molecule has 1 aromatic rings. The molecule has 0 aliphatic heterocycles. The van der Waals surface area contributed by atoms with Crippen LogP contribution in [0.15, 0.2) is 18.2 Å². The average Bonchev–Trinajstić information content (AvgIpc) is 2.28. The maximum atomic E-state index is 12.0. The second-order valence-corrected chi connectivity index (χ2v) is 4.55. The second kappa shape index (κ2) is 6.26. The topological polar surface area (TPSA) is 26.3 Å². The van der Waals surface area contributed by atoms with E-state index in [4.69, 9.17) is 16.3 Å². The maximum Gasteiger partial charge on any atom is 0.184 e. The van der Waals surface area contributed by atoms with E-state index in [2.05, 4.69) is 15.9 Å². The summed E-state index contributed by atoms with van der Waals surface area (Å²) in [7, 11) is 0. The summed E-state index contributed by atoms with van der Waals surface area (Å²) in [5.41, 5.74) is 1.49. The standard InChI is InChI=1S/C12H14BrClO2/c1-3-16-10-6-4-5-9(7-13)11(10)12(15)8(2)14/h4-6,8H,3,7H2,1-2H3. The number of hydrogen-bond donors (Lipinski definition) is 0. The molecule has 1 atom stereocenters. The van der Waals surface area contributed by atoms with Gasteiger partial charge < -0.3 is 4.74 Å². The van der Waals surface area contributed by atoms with Crippen molar-refractivity contribution < 1.29 is 9.53 Å². The normalized spacial score (nSPS) is 12.2. The first-order valence-electron chi connectivity index (χ1n) is 5.10. The zero-order valence-corrected chi connectivity index (χ0v) is 11.6. The Morgan fingerprint density at radius 3 is 2.75 bits per heavy atom. The van der Waals surface area contributed by atoms with E-state index in [0.29, 0.717) is 23.2 Å². The lowest BCUT2D eigenvalue weighted by molar-refractivity contribution is 0.0987. The van der Waals surface area contributed by atoms with Gasteiger partial charge in [0.15, 0.2) is 5.78 Å². The average molecular weight is 306 g/mol. The fourth-order valence-electron chi connectivity index (χ4n) is 1.44. The minimum Gasteiger partial charge on any atom is -0.493 e. The van der Waals surface area contributed by atoms with E-state index in [1.165, 1.54) is 0 Å². The second-order valence-electron chi connectivity index (χ2n) is 3.34. The van der Waals surface area contributed by atoms with Gasteiger partial charge in [0, 0.05) is 5.33 Å². The number of alkyl halides is 2. The Bertz CT molecular complexity index is 377. The van der Waals surface area contributed by atoms with Gasteiger partial charge in [0.2, 0.25) is 0 Å². The molecular formula is C12H14BrClO2. The minimum absolute atomic E-state index is 0.0971. The lowest BCUT2D eigenvalue weighted by Gasteiger charge is -2.13. The summed E-state index contributed by atoms with van der Waals surface area (Å²) in [5, 5.41) is 0.0675. The van der Waals surface area contributed by atoms with Crippen molar-refractivity contribution in [3.05, 3.63) is 29.3 Å². The van der Waals surface area contributed by atoms with Gasteiger partial charge in [-0.15, -0.1) is 11.6 Å². The number of ether oxygens (including phenoxy) is 1. The quantitative estimate of drug-likeness (QED) is 0.611. The summed E-state index contributed by atoms with van der Waals surface area (Å²) >= 11 is 9.20. The van der Waals surface area contributed by atoms with Gasteiger partial charge in [0.25, 0.3) is 0 Å². The van der Waals surface area contributed by atoms with Crippen molar-refractivity contribution in [3.8, 4) is 5.75 Å². The van der Waals surface area contributed by atoms with Crippen LogP contribution >= 0.6 is 27.5 Å². The van der Waals surface area contributed by atoms with Crippen LogP contribution in [-0.4, -0.2) is 17.8 Å². The van der Waals surface area contributed by atoms with Crippen molar-refractivity contribution >= 4 is 33.3 Å². The first-order chi connectivity index (χ1) is 7.61. The van der Waals surface area contributed by atoms with Crippen molar-refractivity contribution in [2.75, 3.05) is 6.61 Å². The molecular weight excluding hydrogens is 291 g/mol. The number of rotatable bonds is 5. The van der Waals surface area contributed by atoms with Crippen molar-refractivity contribution in [3.63, 3.8) is 0 Å². The third kappa shape index (κ3) is 2.98. The van der Waals surface area contributed by atoms with Gasteiger partial charge >= 0.3 is 0 Å². The fraction of sp³-hybridized carbons (Fsp3) is 0.417. The Morgan fingerprint density at radius 2 is 2.25 bits per heavy atom. The minimum atomic E-state index is -0.542. The summed E-state index contributed by atoms with van der Waals surface area (Å²) in [6.07, 6.45) is 0. The van der Waals surface area contributed by atoms with Gasteiger partial charge in [-0.1, -0.05) is 28.1 Å². The molecule has 0 N–H and O–H groups in total. The number of halogens is 2. The SMILES string of the molecule is CCOc1cccc(CBr)c1C(=O)C(C)Cl. The molecule has 0 aliphatic rings. The first kappa shape index (κ1) is 13.5. The van der Waals surface area contributed by atoms with E-state index in [0.717, 1.165) is 5.56 Å². The molecule has 0 spiro atoms. The summed E-state index contributed by atoms with van der Waals surface area (Å²) in [6, 6.07) is 5.56. The van der Waals surface area contributed by atoms with E-state index in [-0.39, 0.29) is 5.78 Å². The summed E-state index contributed by atoms with van der Waals surface area (Å²) < 4.78 is 5.45. The number of Topliss-reactive ketones (excluding diaryl/α,β-unsaturated/α-hetero) is 1. The van der Waals surface area contributed by atoms with Crippen LogP contribution in [0.25, 0.3) is 0 Å². The molecule has 0 fully saturated rings. The Balaban J connectivity index is 3.24. The molecule has 0 radical (unpaired) electrons. The molecule has 0 amide bonds. The van der Waals surface area contributed by atoms with Crippen LogP contribution in [0.1, 0.15) is 29.8 Å². The largest absolute Gasteiger partial charge is 0.493 e. The van der Waals surface area contributed by atoms with Crippen molar-refractivity contribution in [1.29, 1.82) is 0 Å². The van der Waals surface area contributed by atoms with Crippen molar-refractivity contribution in [2.24, 2.45) is 0 Å². The Kier molecular flexibility index (Phi) is 5.29. The highest BCUT2D eigenvalue weighted by Gasteiger charge is 2.20. The zero-order valence-electron chi connectivity index (χ0n) is 9.30. The Hall–Kier alpha value is -0.540. The van der Waals surface area contributed by atoms with Gasteiger partial charge in [-0.05, 0) is 25.5 Å². The summed E-state index contributed by atoms with van der Waals surface area (Å²) in [5.74, 6) is 0.511. The van der Waals surface area contributed by atoms with Gasteiger partial charge in [-0.2, -0.15) is 0 Å². The highest BCUT2D eigenvalue weighted by atomic mass is 79.9. The molecule has 0 saturated carbocycles. The predicted molar refractivity (Wildman–Crippen MR) is 69.9 cm³/mol. The molecule has 0 aromatic heterocycles. The number of benzene rings is 1. The molecule has 2 nitrogen and oxygen atoms in total. The van der Waals surface area contributed by atoms with Gasteiger partial charge in [-0.25, -0.2) is 0 Å². The monoisotopic (exact) mass is 304 g/mol. The number of carbonyl (C=O) groups is 1. The highest BCUT2D eigenvalue weighted by Crippen LogP contribution is 2.26. The van der Waals surface area contributed by atoms with E-state index < -0.39 is 5.38 Å². The van der Waals surface area contributed by atoms with Crippen molar-refractivity contribution in [2.45, 2.75) is 24.6 Å². The van der Waals surface area contributed by atoms with Gasteiger partial charge in [0.1, 0.15) is 5.75 Å². The van der Waals surface area contributed by atoms with Crippen molar-refractivity contribution in [1.82, 2.24) is 0 Å². The van der Waals surface area contributed by atoms with Crippen LogP contribution < -0.4 is 4.74 Å². The van der Waals surface area contributed by atoms with Crippen LogP contribution in [0.2, 0.25) is 0 Å². The molecule has 0 saturated heterocycles.